The molecule has 0 aliphatic carbocycles. The van der Waals surface area contributed by atoms with Crippen LogP contribution in [0, 0.1) is 13.8 Å². The summed E-state index contributed by atoms with van der Waals surface area (Å²) in [7, 11) is 0. The number of hydrogen-bond acceptors (Lipinski definition) is 5. The van der Waals surface area contributed by atoms with Gasteiger partial charge in [0.15, 0.2) is 5.82 Å². The minimum atomic E-state index is 0.0242. The third kappa shape index (κ3) is 3.77. The van der Waals surface area contributed by atoms with E-state index in [1.54, 1.807) is 0 Å². The number of fused-ring (bicyclic) bond motifs is 1. The van der Waals surface area contributed by atoms with Crippen molar-refractivity contribution in [1.29, 1.82) is 0 Å². The zero-order valence-corrected chi connectivity index (χ0v) is 17.3. The molecule has 0 amide bonds. The molecule has 1 aliphatic rings. The average molecular weight is 396 g/mol. The number of rotatable bonds is 4. The number of aryl methyl sites for hydroxylation is 2. The molecule has 0 bridgehead atoms. The largest absolute Gasteiger partial charge is 0.369 e. The Bertz CT molecular complexity index is 998. The first kappa shape index (κ1) is 19.0. The minimum Gasteiger partial charge on any atom is -0.369 e. The van der Waals surface area contributed by atoms with Crippen LogP contribution >= 0.6 is 11.6 Å². The lowest BCUT2D eigenvalue weighted by atomic mass is 10.1. The molecule has 4 rings (SSSR count). The summed E-state index contributed by atoms with van der Waals surface area (Å²) >= 11 is 6.47. The molecule has 0 saturated carbocycles. The van der Waals surface area contributed by atoms with Crippen LogP contribution in [0.4, 0.5) is 11.5 Å². The maximum Gasteiger partial charge on any atom is 0.157 e. The van der Waals surface area contributed by atoms with Crippen molar-refractivity contribution >= 4 is 33.9 Å². The van der Waals surface area contributed by atoms with Crippen molar-refractivity contribution in [3.63, 3.8) is 0 Å². The summed E-state index contributed by atoms with van der Waals surface area (Å²) < 4.78 is 0. The number of halogens is 1. The fourth-order valence-electron chi connectivity index (χ4n) is 3.77. The molecule has 1 atom stereocenters. The Balaban J connectivity index is 1.70. The first-order valence-corrected chi connectivity index (χ1v) is 10.2. The number of hydrogen-bond donors (Lipinski definition) is 2. The molecule has 0 unspecified atom stereocenters. The highest BCUT2D eigenvalue weighted by Gasteiger charge is 2.16. The Labute approximate surface area is 171 Å². The quantitative estimate of drug-likeness (QED) is 0.682. The van der Waals surface area contributed by atoms with Crippen LogP contribution in [-0.2, 0) is 0 Å². The van der Waals surface area contributed by atoms with Gasteiger partial charge in [-0.2, -0.15) is 5.10 Å². The molecule has 2 aromatic carbocycles. The smallest absolute Gasteiger partial charge is 0.157 e. The van der Waals surface area contributed by atoms with Gasteiger partial charge in [-0.1, -0.05) is 29.8 Å². The molecule has 0 radical (unpaired) electrons. The fraction of sp³-hybridized carbons (Fsp3) is 0.364. The first-order valence-electron chi connectivity index (χ1n) is 9.78. The Morgan fingerprint density at radius 2 is 1.82 bits per heavy atom. The lowest BCUT2D eigenvalue weighted by Gasteiger charge is -2.29. The van der Waals surface area contributed by atoms with Crippen LogP contribution in [0.1, 0.15) is 29.8 Å². The molecule has 3 aromatic rings. The Hall–Kier alpha value is -2.37. The normalized spacial score (nSPS) is 15.6. The molecular formula is C22H26ClN5. The summed E-state index contributed by atoms with van der Waals surface area (Å²) in [6.45, 7) is 10.2. The van der Waals surface area contributed by atoms with Gasteiger partial charge in [0.2, 0.25) is 0 Å². The summed E-state index contributed by atoms with van der Waals surface area (Å²) in [5.74, 6) is 0.793. The van der Waals surface area contributed by atoms with Gasteiger partial charge in [0, 0.05) is 47.7 Å². The molecule has 0 spiro atoms. The molecule has 146 valence electrons. The van der Waals surface area contributed by atoms with Crippen molar-refractivity contribution in [2.45, 2.75) is 26.8 Å². The topological polar surface area (TPSA) is 53.1 Å². The average Bonchev–Trinajstić information content (AvgIpc) is 2.70. The van der Waals surface area contributed by atoms with E-state index in [1.165, 1.54) is 5.69 Å². The van der Waals surface area contributed by atoms with Gasteiger partial charge in [-0.15, -0.1) is 5.10 Å². The molecule has 1 aliphatic heterocycles. The van der Waals surface area contributed by atoms with Crippen molar-refractivity contribution in [3.05, 3.63) is 58.2 Å². The Morgan fingerprint density at radius 3 is 2.57 bits per heavy atom. The van der Waals surface area contributed by atoms with Gasteiger partial charge in [-0.3, -0.25) is 0 Å². The second-order valence-corrected chi connectivity index (χ2v) is 7.90. The number of nitrogens with zero attached hydrogens (tertiary/aromatic N) is 3. The Kier molecular flexibility index (Phi) is 5.38. The second-order valence-electron chi connectivity index (χ2n) is 7.49. The standard InChI is InChI=1S/C22H26ClN5/c1-14-4-6-19(21(23)12-14)15(2)25-22-20-13-17(28-10-8-24-9-11-28)5-7-18(20)16(3)26-27-22/h4-7,12-13,15,24H,8-11H2,1-3H3,(H,25,27)/t15-/m1/s1. The molecule has 1 aromatic heterocycles. The van der Waals surface area contributed by atoms with Crippen LogP contribution < -0.4 is 15.5 Å². The maximum atomic E-state index is 6.47. The van der Waals surface area contributed by atoms with E-state index in [9.17, 15) is 0 Å². The number of benzene rings is 2. The second kappa shape index (κ2) is 7.94. The van der Waals surface area contributed by atoms with Gasteiger partial charge in [0.1, 0.15) is 0 Å². The Morgan fingerprint density at radius 1 is 1.04 bits per heavy atom. The van der Waals surface area contributed by atoms with Gasteiger partial charge >= 0.3 is 0 Å². The van der Waals surface area contributed by atoms with Crippen molar-refractivity contribution in [2.24, 2.45) is 0 Å². The van der Waals surface area contributed by atoms with E-state index in [1.807, 2.05) is 19.9 Å². The van der Waals surface area contributed by atoms with E-state index in [4.69, 9.17) is 11.6 Å². The molecular weight excluding hydrogens is 370 g/mol. The molecule has 6 heteroatoms. The highest BCUT2D eigenvalue weighted by atomic mass is 35.5. The number of aromatic nitrogens is 2. The molecule has 1 fully saturated rings. The number of anilines is 2. The SMILES string of the molecule is Cc1ccc([C@@H](C)Nc2nnc(C)c3ccc(N4CCNCC4)cc23)c(Cl)c1. The number of nitrogens with one attached hydrogen (secondary N) is 2. The predicted molar refractivity (Wildman–Crippen MR) is 118 cm³/mol. The highest BCUT2D eigenvalue weighted by Crippen LogP contribution is 2.32. The summed E-state index contributed by atoms with van der Waals surface area (Å²) in [5.41, 5.74) is 4.38. The van der Waals surface area contributed by atoms with Crippen LogP contribution in [-0.4, -0.2) is 36.4 Å². The summed E-state index contributed by atoms with van der Waals surface area (Å²) in [6, 6.07) is 12.8. The van der Waals surface area contributed by atoms with Gasteiger partial charge in [-0.25, -0.2) is 0 Å². The lowest BCUT2D eigenvalue weighted by Crippen LogP contribution is -2.43. The van der Waals surface area contributed by atoms with Crippen LogP contribution in [0.5, 0.6) is 0 Å². The van der Waals surface area contributed by atoms with E-state index < -0.39 is 0 Å². The van der Waals surface area contributed by atoms with Crippen molar-refractivity contribution in [3.8, 4) is 0 Å². The van der Waals surface area contributed by atoms with E-state index in [0.29, 0.717) is 0 Å². The zero-order chi connectivity index (χ0) is 19.7. The fourth-order valence-corrected chi connectivity index (χ4v) is 4.17. The van der Waals surface area contributed by atoms with Gasteiger partial charge in [-0.05, 0) is 50.1 Å². The molecule has 2 N–H and O–H groups in total. The van der Waals surface area contributed by atoms with E-state index in [2.05, 4.69) is 63.0 Å². The summed E-state index contributed by atoms with van der Waals surface area (Å²) in [4.78, 5) is 2.41. The lowest BCUT2D eigenvalue weighted by molar-refractivity contribution is 0.589. The van der Waals surface area contributed by atoms with E-state index in [-0.39, 0.29) is 6.04 Å². The van der Waals surface area contributed by atoms with Gasteiger partial charge in [0.25, 0.3) is 0 Å². The van der Waals surface area contributed by atoms with Crippen molar-refractivity contribution in [2.75, 3.05) is 36.4 Å². The highest BCUT2D eigenvalue weighted by molar-refractivity contribution is 6.31. The van der Waals surface area contributed by atoms with E-state index >= 15 is 0 Å². The van der Waals surface area contributed by atoms with Crippen molar-refractivity contribution in [1.82, 2.24) is 15.5 Å². The van der Waals surface area contributed by atoms with E-state index in [0.717, 1.165) is 64.6 Å². The van der Waals surface area contributed by atoms with Crippen molar-refractivity contribution < 1.29 is 0 Å². The summed E-state index contributed by atoms with van der Waals surface area (Å²) in [5, 5.41) is 18.8. The van der Waals surface area contributed by atoms with Crippen LogP contribution in [0.25, 0.3) is 10.8 Å². The van der Waals surface area contributed by atoms with Crippen LogP contribution in [0.2, 0.25) is 5.02 Å². The third-order valence-corrected chi connectivity index (χ3v) is 5.73. The monoisotopic (exact) mass is 395 g/mol. The predicted octanol–water partition coefficient (Wildman–Crippen LogP) is 4.48. The third-order valence-electron chi connectivity index (χ3n) is 5.41. The van der Waals surface area contributed by atoms with Gasteiger partial charge < -0.3 is 15.5 Å². The van der Waals surface area contributed by atoms with Crippen LogP contribution in [0.15, 0.2) is 36.4 Å². The van der Waals surface area contributed by atoms with Crippen LogP contribution in [0.3, 0.4) is 0 Å². The number of piperazine rings is 1. The first-order chi connectivity index (χ1) is 13.5. The zero-order valence-electron chi connectivity index (χ0n) is 16.6. The van der Waals surface area contributed by atoms with Gasteiger partial charge in [0.05, 0.1) is 11.7 Å². The molecule has 5 nitrogen and oxygen atoms in total. The minimum absolute atomic E-state index is 0.0242. The maximum absolute atomic E-state index is 6.47. The molecule has 2 heterocycles. The summed E-state index contributed by atoms with van der Waals surface area (Å²) in [6.07, 6.45) is 0. The molecule has 1 saturated heterocycles. The molecule has 28 heavy (non-hydrogen) atoms.